The summed E-state index contributed by atoms with van der Waals surface area (Å²) in [6.45, 7) is 6.11. The van der Waals surface area contributed by atoms with Gasteiger partial charge in [0, 0.05) is 11.5 Å². The molecule has 98 valence electrons. The van der Waals surface area contributed by atoms with Gasteiger partial charge in [0.15, 0.2) is 5.78 Å². The molecule has 0 unspecified atom stereocenters. The first-order valence-corrected chi connectivity index (χ1v) is 6.08. The number of ether oxygens (including phenoxy) is 1. The van der Waals surface area contributed by atoms with E-state index in [0.717, 1.165) is 5.75 Å². The molecule has 18 heavy (non-hydrogen) atoms. The SMILES string of the molecule is CCOc1ccc(C(=O)CNC(=O)C(C)C)cc1. The second-order valence-corrected chi connectivity index (χ2v) is 4.25. The van der Waals surface area contributed by atoms with Crippen molar-refractivity contribution in [2.24, 2.45) is 5.92 Å². The Balaban J connectivity index is 2.54. The molecule has 1 rings (SSSR count). The molecule has 0 saturated heterocycles. The zero-order valence-corrected chi connectivity index (χ0v) is 11.0. The van der Waals surface area contributed by atoms with Crippen LogP contribution < -0.4 is 10.1 Å². The predicted octanol–water partition coefficient (Wildman–Crippen LogP) is 2.04. The summed E-state index contributed by atoms with van der Waals surface area (Å²) in [4.78, 5) is 23.1. The van der Waals surface area contributed by atoms with Gasteiger partial charge < -0.3 is 10.1 Å². The molecule has 0 bridgehead atoms. The molecular weight excluding hydrogens is 230 g/mol. The van der Waals surface area contributed by atoms with E-state index < -0.39 is 0 Å². The second-order valence-electron chi connectivity index (χ2n) is 4.25. The van der Waals surface area contributed by atoms with E-state index in [-0.39, 0.29) is 24.2 Å². The average molecular weight is 249 g/mol. The molecule has 0 heterocycles. The van der Waals surface area contributed by atoms with E-state index in [1.165, 1.54) is 0 Å². The molecule has 0 fully saturated rings. The Morgan fingerprint density at radius 2 is 1.83 bits per heavy atom. The maximum atomic E-state index is 11.8. The summed E-state index contributed by atoms with van der Waals surface area (Å²) in [7, 11) is 0. The quantitative estimate of drug-likeness (QED) is 0.785. The van der Waals surface area contributed by atoms with Crippen molar-refractivity contribution in [3.05, 3.63) is 29.8 Å². The van der Waals surface area contributed by atoms with Gasteiger partial charge in [-0.1, -0.05) is 13.8 Å². The number of Topliss-reactive ketones (excluding diaryl/α,β-unsaturated/α-hetero) is 1. The van der Waals surface area contributed by atoms with Gasteiger partial charge >= 0.3 is 0 Å². The molecule has 1 amide bonds. The first kappa shape index (κ1) is 14.2. The van der Waals surface area contributed by atoms with Crippen LogP contribution in [0.15, 0.2) is 24.3 Å². The lowest BCUT2D eigenvalue weighted by molar-refractivity contribution is -0.123. The van der Waals surface area contributed by atoms with Gasteiger partial charge in [-0.3, -0.25) is 9.59 Å². The maximum Gasteiger partial charge on any atom is 0.222 e. The minimum absolute atomic E-state index is 0.0327. The van der Waals surface area contributed by atoms with Crippen LogP contribution in [0.25, 0.3) is 0 Å². The van der Waals surface area contributed by atoms with Crippen LogP contribution in [0.1, 0.15) is 31.1 Å². The van der Waals surface area contributed by atoms with E-state index in [4.69, 9.17) is 4.74 Å². The number of benzene rings is 1. The van der Waals surface area contributed by atoms with Crippen LogP contribution in [-0.2, 0) is 4.79 Å². The topological polar surface area (TPSA) is 55.4 Å². The molecule has 0 radical (unpaired) electrons. The van der Waals surface area contributed by atoms with Crippen LogP contribution in [0.4, 0.5) is 0 Å². The Hall–Kier alpha value is -1.84. The number of ketones is 1. The Morgan fingerprint density at radius 3 is 2.33 bits per heavy atom. The molecule has 4 heteroatoms. The van der Waals surface area contributed by atoms with Crippen molar-refractivity contribution in [1.82, 2.24) is 5.32 Å². The van der Waals surface area contributed by atoms with Gasteiger partial charge in [-0.2, -0.15) is 0 Å². The lowest BCUT2D eigenvalue weighted by Crippen LogP contribution is -2.32. The number of hydrogen-bond donors (Lipinski definition) is 1. The number of nitrogens with one attached hydrogen (secondary N) is 1. The van der Waals surface area contributed by atoms with E-state index >= 15 is 0 Å². The van der Waals surface area contributed by atoms with E-state index in [0.29, 0.717) is 12.2 Å². The van der Waals surface area contributed by atoms with Crippen LogP contribution in [0.5, 0.6) is 5.75 Å². The summed E-state index contributed by atoms with van der Waals surface area (Å²) in [6, 6.07) is 6.91. The third kappa shape index (κ3) is 4.20. The highest BCUT2D eigenvalue weighted by Crippen LogP contribution is 2.12. The zero-order chi connectivity index (χ0) is 13.5. The van der Waals surface area contributed by atoms with Crippen molar-refractivity contribution in [2.75, 3.05) is 13.2 Å². The molecule has 0 aromatic heterocycles. The minimum atomic E-state index is -0.116. The van der Waals surface area contributed by atoms with Crippen LogP contribution in [0.2, 0.25) is 0 Å². The Labute approximate surface area is 107 Å². The van der Waals surface area contributed by atoms with Gasteiger partial charge in [-0.25, -0.2) is 0 Å². The van der Waals surface area contributed by atoms with Crippen molar-refractivity contribution >= 4 is 11.7 Å². The first-order chi connectivity index (χ1) is 8.54. The number of hydrogen-bond acceptors (Lipinski definition) is 3. The van der Waals surface area contributed by atoms with Gasteiger partial charge in [-0.05, 0) is 31.2 Å². The first-order valence-electron chi connectivity index (χ1n) is 6.08. The Kier molecular flexibility index (Phi) is 5.36. The minimum Gasteiger partial charge on any atom is -0.494 e. The smallest absolute Gasteiger partial charge is 0.222 e. The van der Waals surface area contributed by atoms with Crippen LogP contribution >= 0.6 is 0 Å². The largest absolute Gasteiger partial charge is 0.494 e. The molecule has 0 aliphatic carbocycles. The standard InChI is InChI=1S/C14H19NO3/c1-4-18-12-7-5-11(6-8-12)13(16)9-15-14(17)10(2)3/h5-8,10H,4,9H2,1-3H3,(H,15,17). The van der Waals surface area contributed by atoms with Crippen molar-refractivity contribution in [1.29, 1.82) is 0 Å². The monoisotopic (exact) mass is 249 g/mol. The highest BCUT2D eigenvalue weighted by molar-refractivity contribution is 5.99. The maximum absolute atomic E-state index is 11.8. The molecule has 4 nitrogen and oxygen atoms in total. The number of rotatable bonds is 6. The fraction of sp³-hybridized carbons (Fsp3) is 0.429. The summed E-state index contributed by atoms with van der Waals surface area (Å²) in [5, 5.41) is 2.60. The van der Waals surface area contributed by atoms with Crippen LogP contribution in [-0.4, -0.2) is 24.8 Å². The third-order valence-corrected chi connectivity index (χ3v) is 2.43. The normalized spacial score (nSPS) is 10.2. The molecule has 0 saturated carbocycles. The summed E-state index contributed by atoms with van der Waals surface area (Å²) in [5.41, 5.74) is 0.572. The van der Waals surface area contributed by atoms with Crippen molar-refractivity contribution in [2.45, 2.75) is 20.8 Å². The summed E-state index contributed by atoms with van der Waals surface area (Å²) in [5.74, 6) is 0.403. The van der Waals surface area contributed by atoms with Gasteiger partial charge in [-0.15, -0.1) is 0 Å². The number of carbonyl (C=O) groups is 2. The average Bonchev–Trinajstić information content (AvgIpc) is 2.36. The molecular formula is C14H19NO3. The molecule has 1 aromatic rings. The van der Waals surface area contributed by atoms with Gasteiger partial charge in [0.2, 0.25) is 5.91 Å². The molecule has 0 atom stereocenters. The summed E-state index contributed by atoms with van der Waals surface area (Å²) < 4.78 is 5.29. The fourth-order valence-electron chi connectivity index (χ4n) is 1.38. The molecule has 0 aliphatic heterocycles. The van der Waals surface area contributed by atoms with E-state index in [1.54, 1.807) is 38.1 Å². The molecule has 1 aromatic carbocycles. The van der Waals surface area contributed by atoms with E-state index in [9.17, 15) is 9.59 Å². The predicted molar refractivity (Wildman–Crippen MR) is 69.8 cm³/mol. The highest BCUT2D eigenvalue weighted by Gasteiger charge is 2.10. The molecule has 0 aliphatic rings. The number of carbonyl (C=O) groups excluding carboxylic acids is 2. The van der Waals surface area contributed by atoms with Gasteiger partial charge in [0.1, 0.15) is 5.75 Å². The zero-order valence-electron chi connectivity index (χ0n) is 11.0. The highest BCUT2D eigenvalue weighted by atomic mass is 16.5. The van der Waals surface area contributed by atoms with Crippen molar-refractivity contribution < 1.29 is 14.3 Å². The lowest BCUT2D eigenvalue weighted by Gasteiger charge is -2.07. The Bertz CT molecular complexity index is 410. The van der Waals surface area contributed by atoms with Gasteiger partial charge in [0.25, 0.3) is 0 Å². The Morgan fingerprint density at radius 1 is 1.22 bits per heavy atom. The van der Waals surface area contributed by atoms with Crippen molar-refractivity contribution in [3.63, 3.8) is 0 Å². The van der Waals surface area contributed by atoms with E-state index in [2.05, 4.69) is 5.32 Å². The van der Waals surface area contributed by atoms with Crippen LogP contribution in [0.3, 0.4) is 0 Å². The molecule has 0 spiro atoms. The third-order valence-electron chi connectivity index (χ3n) is 2.43. The lowest BCUT2D eigenvalue weighted by atomic mass is 10.1. The van der Waals surface area contributed by atoms with Crippen LogP contribution in [0, 0.1) is 5.92 Å². The summed E-state index contributed by atoms with van der Waals surface area (Å²) >= 11 is 0. The van der Waals surface area contributed by atoms with E-state index in [1.807, 2.05) is 6.92 Å². The fourth-order valence-corrected chi connectivity index (χ4v) is 1.38. The van der Waals surface area contributed by atoms with Crippen molar-refractivity contribution in [3.8, 4) is 5.75 Å². The molecule has 1 N–H and O–H groups in total. The van der Waals surface area contributed by atoms with Gasteiger partial charge in [0.05, 0.1) is 13.2 Å². The second kappa shape index (κ2) is 6.79. The summed E-state index contributed by atoms with van der Waals surface area (Å²) in [6.07, 6.45) is 0. The number of amides is 1.